The van der Waals surface area contributed by atoms with Crippen molar-refractivity contribution in [3.63, 3.8) is 0 Å². The van der Waals surface area contributed by atoms with E-state index in [0.29, 0.717) is 5.57 Å². The molecule has 1 rings (SSSR count). The van der Waals surface area contributed by atoms with E-state index in [4.69, 9.17) is 5.73 Å². The normalized spacial score (nSPS) is 12.6. The van der Waals surface area contributed by atoms with Gasteiger partial charge < -0.3 is 5.73 Å². The van der Waals surface area contributed by atoms with Gasteiger partial charge in [-0.15, -0.1) is 0 Å². The average molecular weight is 259 g/mol. The van der Waals surface area contributed by atoms with E-state index in [9.17, 15) is 17.6 Å². The molecule has 0 unspecified atom stereocenters. The molecule has 0 saturated heterocycles. The van der Waals surface area contributed by atoms with Crippen molar-refractivity contribution in [1.29, 1.82) is 0 Å². The third kappa shape index (κ3) is 3.35. The summed E-state index contributed by atoms with van der Waals surface area (Å²) < 4.78 is 49.9. The molecule has 0 aliphatic carbocycles. The Bertz CT molecular complexity index is 486. The molecule has 0 bridgehead atoms. The van der Waals surface area contributed by atoms with Gasteiger partial charge in [0.1, 0.15) is 6.67 Å². The summed E-state index contributed by atoms with van der Waals surface area (Å²) in [5.74, 6) is 0. The van der Waals surface area contributed by atoms with Crippen molar-refractivity contribution < 1.29 is 17.6 Å². The van der Waals surface area contributed by atoms with Crippen molar-refractivity contribution in [3.05, 3.63) is 47.6 Å². The van der Waals surface area contributed by atoms with Crippen molar-refractivity contribution in [2.24, 2.45) is 0 Å². The minimum Gasteiger partial charge on any atom is -0.398 e. The highest BCUT2D eigenvalue weighted by Gasteiger charge is 2.30. The van der Waals surface area contributed by atoms with E-state index < -0.39 is 18.4 Å². The molecule has 1 nitrogen and oxygen atoms in total. The van der Waals surface area contributed by atoms with Crippen LogP contribution in [-0.2, 0) is 6.18 Å². The summed E-state index contributed by atoms with van der Waals surface area (Å²) in [5, 5.41) is 0. The highest BCUT2D eigenvalue weighted by molar-refractivity contribution is 5.80. The number of halogens is 4. The SMILES string of the molecule is C=C(/C=C(\C)CF)c1cc(C(F)(F)F)ccc1N. The van der Waals surface area contributed by atoms with Crippen LogP contribution in [0.1, 0.15) is 18.1 Å². The highest BCUT2D eigenvalue weighted by atomic mass is 19.4. The van der Waals surface area contributed by atoms with Crippen LogP contribution in [0.4, 0.5) is 23.2 Å². The molecule has 0 aromatic heterocycles. The molecule has 98 valence electrons. The van der Waals surface area contributed by atoms with E-state index in [0.717, 1.165) is 12.1 Å². The van der Waals surface area contributed by atoms with E-state index in [2.05, 4.69) is 6.58 Å². The van der Waals surface area contributed by atoms with Crippen molar-refractivity contribution in [2.45, 2.75) is 13.1 Å². The Morgan fingerprint density at radius 3 is 2.50 bits per heavy atom. The maximum Gasteiger partial charge on any atom is 0.416 e. The van der Waals surface area contributed by atoms with Crippen LogP contribution in [0, 0.1) is 0 Å². The lowest BCUT2D eigenvalue weighted by Crippen LogP contribution is -2.06. The van der Waals surface area contributed by atoms with Gasteiger partial charge in [0, 0.05) is 11.3 Å². The van der Waals surface area contributed by atoms with Gasteiger partial charge in [0.15, 0.2) is 0 Å². The van der Waals surface area contributed by atoms with E-state index in [1.54, 1.807) is 0 Å². The zero-order valence-electron chi connectivity index (χ0n) is 9.81. The van der Waals surface area contributed by atoms with E-state index in [-0.39, 0.29) is 16.8 Å². The Kier molecular flexibility index (Phi) is 4.16. The van der Waals surface area contributed by atoms with Gasteiger partial charge in [-0.1, -0.05) is 12.7 Å². The molecule has 0 aliphatic heterocycles. The smallest absolute Gasteiger partial charge is 0.398 e. The van der Waals surface area contributed by atoms with Crippen molar-refractivity contribution in [2.75, 3.05) is 12.4 Å². The number of rotatable bonds is 3. The number of benzene rings is 1. The van der Waals surface area contributed by atoms with Gasteiger partial charge in [-0.05, 0) is 36.3 Å². The van der Waals surface area contributed by atoms with Gasteiger partial charge >= 0.3 is 6.18 Å². The number of hydrogen-bond donors (Lipinski definition) is 1. The number of anilines is 1. The minimum atomic E-state index is -4.44. The summed E-state index contributed by atoms with van der Waals surface area (Å²) in [5.41, 5.74) is 5.76. The molecule has 2 N–H and O–H groups in total. The lowest BCUT2D eigenvalue weighted by atomic mass is 10.0. The minimum absolute atomic E-state index is 0.164. The predicted molar refractivity (Wildman–Crippen MR) is 64.6 cm³/mol. The van der Waals surface area contributed by atoms with Crippen LogP contribution in [0.2, 0.25) is 0 Å². The molecule has 0 atom stereocenters. The molecular formula is C13H13F4N. The molecular weight excluding hydrogens is 246 g/mol. The largest absolute Gasteiger partial charge is 0.416 e. The Morgan fingerprint density at radius 2 is 2.00 bits per heavy atom. The summed E-state index contributed by atoms with van der Waals surface area (Å²) in [6, 6.07) is 2.99. The molecule has 18 heavy (non-hydrogen) atoms. The van der Waals surface area contributed by atoms with Crippen LogP contribution < -0.4 is 5.73 Å². The molecule has 0 radical (unpaired) electrons. The highest BCUT2D eigenvalue weighted by Crippen LogP contribution is 2.33. The summed E-state index contributed by atoms with van der Waals surface area (Å²) in [4.78, 5) is 0. The zero-order chi connectivity index (χ0) is 13.9. The summed E-state index contributed by atoms with van der Waals surface area (Å²) in [6.45, 7) is 4.45. The van der Waals surface area contributed by atoms with Crippen molar-refractivity contribution >= 4 is 11.3 Å². The van der Waals surface area contributed by atoms with Crippen LogP contribution in [0.5, 0.6) is 0 Å². The topological polar surface area (TPSA) is 26.0 Å². The van der Waals surface area contributed by atoms with Crippen LogP contribution in [0.25, 0.3) is 5.57 Å². The second kappa shape index (κ2) is 5.25. The van der Waals surface area contributed by atoms with Gasteiger partial charge in [0.05, 0.1) is 5.56 Å². The Balaban J connectivity index is 3.20. The molecule has 0 fully saturated rings. The summed E-state index contributed by atoms with van der Waals surface area (Å²) >= 11 is 0. The third-order valence-corrected chi connectivity index (χ3v) is 2.36. The lowest BCUT2D eigenvalue weighted by molar-refractivity contribution is -0.137. The third-order valence-electron chi connectivity index (χ3n) is 2.36. The summed E-state index contributed by atoms with van der Waals surface area (Å²) in [7, 11) is 0. The molecule has 1 aromatic carbocycles. The first-order chi connectivity index (χ1) is 8.25. The van der Waals surface area contributed by atoms with Gasteiger partial charge in [0.2, 0.25) is 0 Å². The zero-order valence-corrected chi connectivity index (χ0v) is 9.81. The average Bonchev–Trinajstić information content (AvgIpc) is 2.27. The maximum atomic E-state index is 12.5. The summed E-state index contributed by atoms with van der Waals surface area (Å²) in [6.07, 6.45) is -3.06. The monoisotopic (exact) mass is 259 g/mol. The fourth-order valence-corrected chi connectivity index (χ4v) is 1.42. The quantitative estimate of drug-likeness (QED) is 0.491. The first kappa shape index (κ1) is 14.3. The number of allylic oxidation sites excluding steroid dienone is 3. The van der Waals surface area contributed by atoms with Crippen LogP contribution in [-0.4, -0.2) is 6.67 Å². The molecule has 0 heterocycles. The van der Waals surface area contributed by atoms with Crippen molar-refractivity contribution in [1.82, 2.24) is 0 Å². The predicted octanol–water partition coefficient (Wildman–Crippen LogP) is 4.22. The maximum absolute atomic E-state index is 12.5. The van der Waals surface area contributed by atoms with Gasteiger partial charge in [-0.3, -0.25) is 0 Å². The second-order valence-corrected chi connectivity index (χ2v) is 3.95. The molecule has 0 spiro atoms. The van der Waals surface area contributed by atoms with Crippen LogP contribution in [0.15, 0.2) is 36.4 Å². The Hall–Kier alpha value is -1.78. The molecule has 0 amide bonds. The van der Waals surface area contributed by atoms with E-state index in [1.165, 1.54) is 19.1 Å². The number of hydrogen-bond acceptors (Lipinski definition) is 1. The number of alkyl halides is 4. The molecule has 0 aliphatic rings. The van der Waals surface area contributed by atoms with Crippen molar-refractivity contribution in [3.8, 4) is 0 Å². The fourth-order valence-electron chi connectivity index (χ4n) is 1.42. The van der Waals surface area contributed by atoms with Gasteiger partial charge in [-0.2, -0.15) is 13.2 Å². The van der Waals surface area contributed by atoms with Crippen LogP contribution >= 0.6 is 0 Å². The Labute approximate surface area is 103 Å². The van der Waals surface area contributed by atoms with Gasteiger partial charge in [0.25, 0.3) is 0 Å². The Morgan fingerprint density at radius 1 is 1.39 bits per heavy atom. The van der Waals surface area contributed by atoms with E-state index >= 15 is 0 Å². The first-order valence-corrected chi connectivity index (χ1v) is 5.15. The van der Waals surface area contributed by atoms with Crippen LogP contribution in [0.3, 0.4) is 0 Å². The lowest BCUT2D eigenvalue weighted by Gasteiger charge is -2.11. The fraction of sp³-hybridized carbons (Fsp3) is 0.231. The molecule has 1 aromatic rings. The second-order valence-electron chi connectivity index (χ2n) is 3.95. The molecule has 5 heteroatoms. The van der Waals surface area contributed by atoms with E-state index in [1.807, 2.05) is 0 Å². The first-order valence-electron chi connectivity index (χ1n) is 5.15. The number of nitrogen functional groups attached to an aromatic ring is 1. The molecule has 0 saturated carbocycles. The number of nitrogens with two attached hydrogens (primary N) is 1. The standard InChI is InChI=1S/C13H13F4N/c1-8(7-14)5-9(2)11-6-10(13(15,16)17)3-4-12(11)18/h3-6H,2,7,18H2,1H3/b8-5+. The van der Waals surface area contributed by atoms with Gasteiger partial charge in [-0.25, -0.2) is 4.39 Å².